The molecule has 25 heavy (non-hydrogen) atoms. The fraction of sp³-hybridized carbons (Fsp3) is 1.00. The smallest absolute Gasteiger partial charge is 0.0138 e. The Labute approximate surface area is 160 Å². The topological polar surface area (TPSA) is 3.24 Å². The summed E-state index contributed by atoms with van der Waals surface area (Å²) >= 11 is 2.13. The van der Waals surface area contributed by atoms with Gasteiger partial charge in [0.25, 0.3) is 0 Å². The number of likely N-dealkylation sites (tertiary alicyclic amines) is 1. The van der Waals surface area contributed by atoms with Gasteiger partial charge in [0.05, 0.1) is 0 Å². The summed E-state index contributed by atoms with van der Waals surface area (Å²) in [4.78, 5) is 3.20. The first-order chi connectivity index (χ1) is 12.3. The maximum atomic E-state index is 3.20. The third kappa shape index (κ3) is 2.93. The van der Waals surface area contributed by atoms with Gasteiger partial charge >= 0.3 is 0 Å². The van der Waals surface area contributed by atoms with E-state index in [1.165, 1.54) is 51.4 Å². The Morgan fingerprint density at radius 3 is 2.36 bits per heavy atom. The largest absolute Gasteiger partial charge is 0.294 e. The molecule has 7 atom stereocenters. The Morgan fingerprint density at radius 2 is 1.56 bits per heavy atom. The lowest BCUT2D eigenvalue weighted by atomic mass is 9.68. The number of nitrogens with zero attached hydrogens (tertiary/aromatic N) is 1. The van der Waals surface area contributed by atoms with Crippen LogP contribution in [-0.2, 0) is 0 Å². The van der Waals surface area contributed by atoms with E-state index in [4.69, 9.17) is 0 Å². The number of thioether (sulfide) groups is 1. The Balaban J connectivity index is 1.40. The highest BCUT2D eigenvalue weighted by Crippen LogP contribution is 2.59. The van der Waals surface area contributed by atoms with E-state index < -0.39 is 0 Å². The van der Waals surface area contributed by atoms with Gasteiger partial charge in [-0.1, -0.05) is 26.2 Å². The molecule has 142 valence electrons. The summed E-state index contributed by atoms with van der Waals surface area (Å²) in [5.74, 6) is 5.38. The molecule has 0 N–H and O–H groups in total. The van der Waals surface area contributed by atoms with Crippen molar-refractivity contribution in [2.75, 3.05) is 6.26 Å². The zero-order valence-electron chi connectivity index (χ0n) is 16.5. The summed E-state index contributed by atoms with van der Waals surface area (Å²) in [6, 6.07) is 2.91. The molecular formula is C23H39NS. The highest BCUT2D eigenvalue weighted by molar-refractivity contribution is 7.99. The molecule has 0 aromatic heterocycles. The fourth-order valence-corrected chi connectivity index (χ4v) is 9.01. The fourth-order valence-electron chi connectivity index (χ4n) is 8.27. The SMILES string of the molecule is CSC1CCC(N2C3CCC(C)CC3C3C4CCCCC4CC32)CC1. The predicted octanol–water partition coefficient (Wildman–Crippen LogP) is 5.98. The van der Waals surface area contributed by atoms with Crippen LogP contribution in [0.3, 0.4) is 0 Å². The minimum Gasteiger partial charge on any atom is -0.294 e. The first-order valence-corrected chi connectivity index (χ1v) is 12.8. The van der Waals surface area contributed by atoms with Gasteiger partial charge in [-0.2, -0.15) is 11.8 Å². The van der Waals surface area contributed by atoms with Gasteiger partial charge in [0.15, 0.2) is 0 Å². The van der Waals surface area contributed by atoms with Crippen molar-refractivity contribution in [2.24, 2.45) is 29.6 Å². The first-order valence-electron chi connectivity index (χ1n) is 11.6. The predicted molar refractivity (Wildman–Crippen MR) is 109 cm³/mol. The van der Waals surface area contributed by atoms with E-state index in [0.29, 0.717) is 0 Å². The average molecular weight is 362 g/mol. The van der Waals surface area contributed by atoms with E-state index in [-0.39, 0.29) is 0 Å². The molecule has 0 aromatic rings. The third-order valence-electron chi connectivity index (χ3n) is 9.23. The maximum absolute atomic E-state index is 3.20. The van der Waals surface area contributed by atoms with Crippen molar-refractivity contribution < 1.29 is 0 Å². The molecule has 4 aliphatic carbocycles. The second-order valence-electron chi connectivity index (χ2n) is 10.4. The summed E-state index contributed by atoms with van der Waals surface area (Å²) in [6.45, 7) is 2.55. The second kappa shape index (κ2) is 7.04. The van der Waals surface area contributed by atoms with Crippen molar-refractivity contribution in [1.82, 2.24) is 4.90 Å². The summed E-state index contributed by atoms with van der Waals surface area (Å²) in [7, 11) is 0. The lowest BCUT2D eigenvalue weighted by Gasteiger charge is -2.44. The zero-order valence-corrected chi connectivity index (χ0v) is 17.4. The van der Waals surface area contributed by atoms with Crippen LogP contribution < -0.4 is 0 Å². The number of hydrogen-bond acceptors (Lipinski definition) is 2. The van der Waals surface area contributed by atoms with Gasteiger partial charge in [0.2, 0.25) is 0 Å². The minimum atomic E-state index is 0.944. The van der Waals surface area contributed by atoms with Crippen LogP contribution in [0.15, 0.2) is 0 Å². The first kappa shape index (κ1) is 17.4. The van der Waals surface area contributed by atoms with Crippen LogP contribution in [-0.4, -0.2) is 34.5 Å². The van der Waals surface area contributed by atoms with Crippen molar-refractivity contribution in [3.05, 3.63) is 0 Å². The minimum absolute atomic E-state index is 0.944. The molecule has 0 spiro atoms. The van der Waals surface area contributed by atoms with Gasteiger partial charge in [-0.3, -0.25) is 4.90 Å². The lowest BCUT2D eigenvalue weighted by molar-refractivity contribution is 0.0584. The summed E-state index contributed by atoms with van der Waals surface area (Å²) in [5, 5.41) is 0.961. The van der Waals surface area contributed by atoms with Gasteiger partial charge in [0.1, 0.15) is 0 Å². The van der Waals surface area contributed by atoms with Gasteiger partial charge in [0, 0.05) is 23.4 Å². The normalized spacial score (nSPS) is 53.3. The van der Waals surface area contributed by atoms with Crippen LogP contribution in [0.5, 0.6) is 0 Å². The Bertz CT molecular complexity index is 471. The zero-order chi connectivity index (χ0) is 17.0. The van der Waals surface area contributed by atoms with E-state index in [1.54, 1.807) is 25.7 Å². The van der Waals surface area contributed by atoms with E-state index >= 15 is 0 Å². The van der Waals surface area contributed by atoms with E-state index in [0.717, 1.165) is 53.0 Å². The monoisotopic (exact) mass is 361 g/mol. The van der Waals surface area contributed by atoms with Gasteiger partial charge in [-0.25, -0.2) is 0 Å². The van der Waals surface area contributed by atoms with Crippen molar-refractivity contribution in [3.63, 3.8) is 0 Å². The molecule has 5 fully saturated rings. The standard InChI is InChI=1S/C23H39NS/c1-15-7-12-21-20(13-15)23-19-6-4-3-5-16(19)14-22(23)24(21)17-8-10-18(25-2)11-9-17/h15-23H,3-14H2,1-2H3. The highest BCUT2D eigenvalue weighted by atomic mass is 32.2. The number of fused-ring (bicyclic) bond motifs is 5. The molecule has 0 amide bonds. The number of rotatable bonds is 2. The van der Waals surface area contributed by atoms with E-state index in [9.17, 15) is 0 Å². The molecule has 7 unspecified atom stereocenters. The average Bonchev–Trinajstić information content (AvgIpc) is 3.16. The van der Waals surface area contributed by atoms with Crippen LogP contribution in [0.4, 0.5) is 0 Å². The van der Waals surface area contributed by atoms with E-state index in [2.05, 4.69) is 29.8 Å². The highest BCUT2D eigenvalue weighted by Gasteiger charge is 2.59. The van der Waals surface area contributed by atoms with Crippen molar-refractivity contribution in [2.45, 2.75) is 107 Å². The molecule has 5 rings (SSSR count). The van der Waals surface area contributed by atoms with E-state index in [1.807, 2.05) is 0 Å². The molecule has 2 heteroatoms. The Hall–Kier alpha value is 0.310. The molecule has 1 heterocycles. The van der Waals surface area contributed by atoms with Gasteiger partial charge in [-0.15, -0.1) is 0 Å². The van der Waals surface area contributed by atoms with Gasteiger partial charge < -0.3 is 0 Å². The number of hydrogen-bond donors (Lipinski definition) is 0. The summed E-state index contributed by atoms with van der Waals surface area (Å²) in [5.41, 5.74) is 0. The maximum Gasteiger partial charge on any atom is 0.0138 e. The molecule has 1 aliphatic heterocycles. The molecular weight excluding hydrogens is 322 g/mol. The van der Waals surface area contributed by atoms with Crippen LogP contribution in [0.2, 0.25) is 0 Å². The molecule has 0 radical (unpaired) electrons. The Morgan fingerprint density at radius 1 is 0.760 bits per heavy atom. The quantitative estimate of drug-likeness (QED) is 0.595. The molecule has 0 bridgehead atoms. The van der Waals surface area contributed by atoms with Crippen LogP contribution in [0.1, 0.15) is 84.0 Å². The van der Waals surface area contributed by atoms with Crippen molar-refractivity contribution in [3.8, 4) is 0 Å². The lowest BCUT2D eigenvalue weighted by Crippen LogP contribution is -2.48. The van der Waals surface area contributed by atoms with Crippen LogP contribution >= 0.6 is 11.8 Å². The molecule has 5 aliphatic rings. The molecule has 0 aromatic carbocycles. The van der Waals surface area contributed by atoms with Crippen molar-refractivity contribution in [1.29, 1.82) is 0 Å². The molecule has 1 saturated heterocycles. The molecule has 4 saturated carbocycles. The Kier molecular flexibility index (Phi) is 4.90. The summed E-state index contributed by atoms with van der Waals surface area (Å²) < 4.78 is 0. The third-order valence-corrected chi connectivity index (χ3v) is 10.4. The van der Waals surface area contributed by atoms with Crippen molar-refractivity contribution >= 4 is 11.8 Å². The van der Waals surface area contributed by atoms with Crippen LogP contribution in [0.25, 0.3) is 0 Å². The van der Waals surface area contributed by atoms with Crippen LogP contribution in [0, 0.1) is 29.6 Å². The summed E-state index contributed by atoms with van der Waals surface area (Å²) in [6.07, 6.45) is 20.7. The second-order valence-corrected chi connectivity index (χ2v) is 11.5. The van der Waals surface area contributed by atoms with Gasteiger partial charge in [-0.05, 0) is 93.6 Å². The molecule has 1 nitrogen and oxygen atoms in total.